The Bertz CT molecular complexity index is 1970. The molecule has 2 aliphatic rings. The second-order valence-corrected chi connectivity index (χ2v) is 16.8. The number of hydrogen-bond acceptors (Lipinski definition) is 11. The zero-order chi connectivity index (χ0) is 43.5. The Morgan fingerprint density at radius 1 is 0.770 bits per heavy atom. The molecule has 334 valence electrons. The van der Waals surface area contributed by atoms with Crippen molar-refractivity contribution in [2.24, 2.45) is 0 Å². The van der Waals surface area contributed by atoms with Crippen LogP contribution >= 0.6 is 0 Å². The smallest absolute Gasteiger partial charge is 0.355 e. The summed E-state index contributed by atoms with van der Waals surface area (Å²) in [5, 5.41) is 10.6. The minimum atomic E-state index is -1.74. The Kier molecular flexibility index (Phi) is 19.3. The normalized spacial score (nSPS) is 15.8. The summed E-state index contributed by atoms with van der Waals surface area (Å²) < 4.78 is 23.7. The predicted octanol–water partition coefficient (Wildman–Crippen LogP) is 9.68. The van der Waals surface area contributed by atoms with Gasteiger partial charge in [0.05, 0.1) is 35.6 Å². The van der Waals surface area contributed by atoms with Gasteiger partial charge >= 0.3 is 23.9 Å². The van der Waals surface area contributed by atoms with Crippen molar-refractivity contribution < 1.29 is 43.2 Å². The SMILES string of the molecule is CCCCCCCCCCCCCCCCC(=O)OC[C@H](CO)OC(=O)CCCCCCCC(=O)O[C@]1(CC)C(=O)OCc2c1cc1n(c2=O)Cc2cc3ccccc3nc2-1. The van der Waals surface area contributed by atoms with E-state index in [2.05, 4.69) is 6.92 Å². The summed E-state index contributed by atoms with van der Waals surface area (Å²) in [5.74, 6) is -2.07. The van der Waals surface area contributed by atoms with Crippen LogP contribution in [0.4, 0.5) is 0 Å². The molecule has 5 rings (SSSR count). The molecule has 3 aromatic rings. The molecule has 2 atom stereocenters. The van der Waals surface area contributed by atoms with Crippen LogP contribution in [0.15, 0.2) is 41.2 Å². The van der Waals surface area contributed by atoms with E-state index in [0.29, 0.717) is 54.7 Å². The number of cyclic esters (lactones) is 1. The number of aliphatic hydroxyl groups excluding tert-OH is 1. The van der Waals surface area contributed by atoms with Crippen LogP contribution in [-0.4, -0.2) is 57.9 Å². The van der Waals surface area contributed by atoms with E-state index in [1.165, 1.54) is 70.6 Å². The molecule has 0 spiro atoms. The molecule has 2 aromatic heterocycles. The third kappa shape index (κ3) is 13.5. The highest BCUT2D eigenvalue weighted by molar-refractivity contribution is 5.88. The molecule has 12 heteroatoms. The van der Waals surface area contributed by atoms with E-state index in [1.807, 2.05) is 30.3 Å². The average Bonchev–Trinajstić information content (AvgIpc) is 3.62. The lowest BCUT2D eigenvalue weighted by atomic mass is 9.85. The zero-order valence-corrected chi connectivity index (χ0v) is 36.6. The standard InChI is InChI=1S/C49H68N2O10/c1-3-5-6-7-8-9-10-11-12-13-14-15-17-20-27-43(53)58-34-38(33-52)60-44(54)28-21-18-16-19-22-29-45(55)61-49(4-2)40-31-42-46-37(30-36-25-23-24-26-41(36)50-46)32-51(42)47(56)39(40)35-59-48(49)57/h23-26,30-31,38,52H,3-22,27-29,32-35H2,1-2H3/t38-,49-/m0/s1. The first kappa shape index (κ1) is 47.5. The summed E-state index contributed by atoms with van der Waals surface area (Å²) >= 11 is 0. The van der Waals surface area contributed by atoms with Gasteiger partial charge in [-0.15, -0.1) is 0 Å². The third-order valence-electron chi connectivity index (χ3n) is 12.1. The Hall–Kier alpha value is -4.58. The van der Waals surface area contributed by atoms with E-state index in [1.54, 1.807) is 17.6 Å². The van der Waals surface area contributed by atoms with Gasteiger partial charge < -0.3 is 28.6 Å². The average molecular weight is 845 g/mol. The van der Waals surface area contributed by atoms with Crippen molar-refractivity contribution in [3.05, 3.63) is 63.4 Å². The Balaban J connectivity index is 0.938. The van der Waals surface area contributed by atoms with Crippen molar-refractivity contribution in [1.29, 1.82) is 0 Å². The van der Waals surface area contributed by atoms with E-state index in [4.69, 9.17) is 23.9 Å². The van der Waals surface area contributed by atoms with E-state index < -0.39 is 36.2 Å². The first-order valence-electron chi connectivity index (χ1n) is 23.2. The number of pyridine rings is 2. The number of ether oxygens (including phenoxy) is 4. The maximum Gasteiger partial charge on any atom is 0.355 e. The van der Waals surface area contributed by atoms with Crippen molar-refractivity contribution >= 4 is 34.8 Å². The molecule has 1 aromatic carbocycles. The molecule has 0 fully saturated rings. The van der Waals surface area contributed by atoms with E-state index in [0.717, 1.165) is 48.6 Å². The molecule has 1 N–H and O–H groups in total. The summed E-state index contributed by atoms with van der Waals surface area (Å²) in [7, 11) is 0. The molecule has 0 amide bonds. The molecule has 0 radical (unpaired) electrons. The lowest BCUT2D eigenvalue weighted by molar-refractivity contribution is -0.189. The summed E-state index contributed by atoms with van der Waals surface area (Å²) in [6, 6.07) is 11.5. The van der Waals surface area contributed by atoms with Crippen LogP contribution in [0, 0.1) is 0 Å². The summed E-state index contributed by atoms with van der Waals surface area (Å²) in [5.41, 5.74) is 1.57. The predicted molar refractivity (Wildman–Crippen MR) is 234 cm³/mol. The van der Waals surface area contributed by atoms with Gasteiger partial charge in [-0.3, -0.25) is 19.2 Å². The van der Waals surface area contributed by atoms with Crippen LogP contribution in [0.5, 0.6) is 0 Å². The van der Waals surface area contributed by atoms with E-state index in [-0.39, 0.29) is 44.0 Å². The van der Waals surface area contributed by atoms with Crippen molar-refractivity contribution in [3.63, 3.8) is 0 Å². The van der Waals surface area contributed by atoms with Crippen LogP contribution < -0.4 is 5.56 Å². The molecular formula is C49H68N2O10. The topological polar surface area (TPSA) is 160 Å². The highest BCUT2D eigenvalue weighted by Gasteiger charge is 2.50. The van der Waals surface area contributed by atoms with Crippen LogP contribution in [0.25, 0.3) is 22.3 Å². The number of unbranched alkanes of at least 4 members (excludes halogenated alkanes) is 17. The number of hydrogen-bond donors (Lipinski definition) is 1. The number of nitrogens with zero attached hydrogens (tertiary/aromatic N) is 2. The highest BCUT2D eigenvalue weighted by atomic mass is 16.6. The number of rotatable bonds is 29. The molecule has 4 heterocycles. The fraction of sp³-hybridized carbons (Fsp3) is 0.633. The number of aliphatic hydroxyl groups is 1. The second-order valence-electron chi connectivity index (χ2n) is 16.8. The van der Waals surface area contributed by atoms with Crippen molar-refractivity contribution in [3.8, 4) is 11.4 Å². The van der Waals surface area contributed by atoms with Gasteiger partial charge in [0.2, 0.25) is 5.60 Å². The fourth-order valence-electron chi connectivity index (χ4n) is 8.49. The molecule has 12 nitrogen and oxygen atoms in total. The van der Waals surface area contributed by atoms with Gasteiger partial charge in [-0.25, -0.2) is 9.78 Å². The van der Waals surface area contributed by atoms with Gasteiger partial charge in [-0.05, 0) is 43.9 Å². The second kappa shape index (κ2) is 24.8. The monoisotopic (exact) mass is 844 g/mol. The van der Waals surface area contributed by atoms with Crippen LogP contribution in [0.3, 0.4) is 0 Å². The van der Waals surface area contributed by atoms with Crippen LogP contribution in [-0.2, 0) is 56.9 Å². The number of esters is 4. The zero-order valence-electron chi connectivity index (χ0n) is 36.6. The number of benzene rings is 1. The van der Waals surface area contributed by atoms with Gasteiger partial charge in [0.15, 0.2) is 6.10 Å². The van der Waals surface area contributed by atoms with Gasteiger partial charge in [0.25, 0.3) is 5.56 Å². The number of carbonyl (C=O) groups is 4. The highest BCUT2D eigenvalue weighted by Crippen LogP contribution is 2.41. The van der Waals surface area contributed by atoms with Gasteiger partial charge in [0.1, 0.15) is 13.2 Å². The van der Waals surface area contributed by atoms with Gasteiger partial charge in [-0.2, -0.15) is 0 Å². The van der Waals surface area contributed by atoms with Crippen LogP contribution in [0.1, 0.15) is 178 Å². The molecule has 0 bridgehead atoms. The number of aromatic nitrogens is 2. The molecule has 0 saturated carbocycles. The van der Waals surface area contributed by atoms with Crippen LogP contribution in [0.2, 0.25) is 0 Å². The van der Waals surface area contributed by atoms with E-state index >= 15 is 0 Å². The van der Waals surface area contributed by atoms with E-state index in [9.17, 15) is 29.1 Å². The minimum Gasteiger partial charge on any atom is -0.462 e. The van der Waals surface area contributed by atoms with Crippen molar-refractivity contribution in [1.82, 2.24) is 9.55 Å². The van der Waals surface area contributed by atoms with Crippen molar-refractivity contribution in [2.45, 2.75) is 186 Å². The largest absolute Gasteiger partial charge is 0.462 e. The maximum atomic E-state index is 13.8. The molecule has 0 unspecified atom stereocenters. The summed E-state index contributed by atoms with van der Waals surface area (Å²) in [6.45, 7) is 3.54. The van der Waals surface area contributed by atoms with Gasteiger partial charge in [-0.1, -0.05) is 135 Å². The Morgan fingerprint density at radius 2 is 1.34 bits per heavy atom. The summed E-state index contributed by atoms with van der Waals surface area (Å²) in [4.78, 5) is 69.8. The molecule has 2 aliphatic heterocycles. The molecular weight excluding hydrogens is 777 g/mol. The first-order chi connectivity index (χ1) is 29.7. The number of carbonyl (C=O) groups excluding carboxylic acids is 4. The maximum absolute atomic E-state index is 13.8. The fourth-order valence-corrected chi connectivity index (χ4v) is 8.49. The lowest BCUT2D eigenvalue weighted by Crippen LogP contribution is -2.47. The first-order valence-corrected chi connectivity index (χ1v) is 23.2. The quantitative estimate of drug-likeness (QED) is 0.0315. The third-order valence-corrected chi connectivity index (χ3v) is 12.1. The number of para-hydroxylation sites is 1. The minimum absolute atomic E-state index is 0.0724. The molecule has 0 aliphatic carbocycles. The summed E-state index contributed by atoms with van der Waals surface area (Å²) in [6.07, 6.45) is 20.4. The van der Waals surface area contributed by atoms with Crippen molar-refractivity contribution in [2.75, 3.05) is 13.2 Å². The molecule has 61 heavy (non-hydrogen) atoms. The lowest BCUT2D eigenvalue weighted by Gasteiger charge is -2.35. The van der Waals surface area contributed by atoms with Gasteiger partial charge in [0, 0.05) is 35.8 Å². The Labute approximate surface area is 361 Å². The molecule has 0 saturated heterocycles. The Morgan fingerprint density at radius 3 is 1.95 bits per heavy atom. The number of fused-ring (bicyclic) bond motifs is 5.